The Bertz CT molecular complexity index is 1510. The quantitative estimate of drug-likeness (QED) is 0.197. The number of hydrogen-bond donors (Lipinski definition) is 4. The molecule has 4 N–H and O–H groups in total. The topological polar surface area (TPSA) is 130 Å². The Kier molecular flexibility index (Phi) is 10.5. The smallest absolute Gasteiger partial charge is 0.324 e. The number of aliphatic hydroxyl groups excluding tert-OH is 1. The number of ether oxygens (including phenoxy) is 1. The fraction of sp³-hybridized carbons (Fsp3) is 0.267. The highest BCUT2D eigenvalue weighted by atomic mass is 35.5. The molecule has 41 heavy (non-hydrogen) atoms. The zero-order chi connectivity index (χ0) is 30.2. The van der Waals surface area contributed by atoms with Gasteiger partial charge in [-0.25, -0.2) is 9.48 Å². The van der Waals surface area contributed by atoms with E-state index in [-0.39, 0.29) is 28.6 Å². The van der Waals surface area contributed by atoms with E-state index >= 15 is 0 Å². The highest BCUT2D eigenvalue weighted by Crippen LogP contribution is 2.31. The lowest BCUT2D eigenvalue weighted by molar-refractivity contribution is 0.0957. The number of anilines is 2. The van der Waals surface area contributed by atoms with Crippen molar-refractivity contribution in [2.75, 3.05) is 17.7 Å². The first-order chi connectivity index (χ1) is 19.6. The second kappa shape index (κ2) is 13.8. The maximum absolute atomic E-state index is 13.0. The van der Waals surface area contributed by atoms with Crippen molar-refractivity contribution >= 4 is 35.0 Å². The van der Waals surface area contributed by atoms with Crippen molar-refractivity contribution in [1.82, 2.24) is 20.1 Å². The fourth-order valence-corrected chi connectivity index (χ4v) is 3.83. The van der Waals surface area contributed by atoms with Crippen molar-refractivity contribution in [1.29, 1.82) is 0 Å². The molecule has 0 aliphatic carbocycles. The molecule has 11 heteroatoms. The molecule has 0 saturated carbocycles. The van der Waals surface area contributed by atoms with Gasteiger partial charge in [0.05, 0.1) is 28.7 Å². The third kappa shape index (κ3) is 8.06. The van der Waals surface area contributed by atoms with E-state index in [2.05, 4.69) is 20.9 Å². The van der Waals surface area contributed by atoms with E-state index in [0.29, 0.717) is 28.7 Å². The molecule has 0 aliphatic heterocycles. The Morgan fingerprint density at radius 1 is 1.00 bits per heavy atom. The number of rotatable bonds is 7. The first-order valence-electron chi connectivity index (χ1n) is 13.1. The highest BCUT2D eigenvalue weighted by Gasteiger charge is 2.22. The van der Waals surface area contributed by atoms with Gasteiger partial charge in [-0.1, -0.05) is 58.4 Å². The molecule has 2 heterocycles. The van der Waals surface area contributed by atoms with Crippen LogP contribution in [0.3, 0.4) is 0 Å². The lowest BCUT2D eigenvalue weighted by Gasteiger charge is -2.14. The van der Waals surface area contributed by atoms with Gasteiger partial charge in [-0.15, -0.1) is 0 Å². The van der Waals surface area contributed by atoms with E-state index in [9.17, 15) is 14.7 Å². The van der Waals surface area contributed by atoms with Crippen LogP contribution in [0.4, 0.5) is 16.3 Å². The summed E-state index contributed by atoms with van der Waals surface area (Å²) in [5, 5.41) is 22.6. The Morgan fingerprint density at radius 3 is 2.39 bits per heavy atom. The van der Waals surface area contributed by atoms with Crippen molar-refractivity contribution in [3.8, 4) is 17.2 Å². The monoisotopic (exact) mass is 578 g/mol. The Morgan fingerprint density at radius 2 is 1.73 bits per heavy atom. The van der Waals surface area contributed by atoms with Crippen molar-refractivity contribution in [3.63, 3.8) is 0 Å². The summed E-state index contributed by atoms with van der Waals surface area (Å²) in [5.41, 5.74) is 2.52. The van der Waals surface area contributed by atoms with Crippen molar-refractivity contribution < 1.29 is 19.4 Å². The summed E-state index contributed by atoms with van der Waals surface area (Å²) in [5.74, 6) is 0.942. The van der Waals surface area contributed by atoms with E-state index in [0.717, 1.165) is 11.3 Å². The molecule has 0 aliphatic rings. The minimum Gasteiger partial charge on any atom is -0.457 e. The van der Waals surface area contributed by atoms with Gasteiger partial charge >= 0.3 is 6.03 Å². The van der Waals surface area contributed by atoms with Gasteiger partial charge in [-0.2, -0.15) is 5.10 Å². The molecule has 10 nitrogen and oxygen atoms in total. The second-order valence-corrected chi connectivity index (χ2v) is 10.1. The van der Waals surface area contributed by atoms with Gasteiger partial charge in [0, 0.05) is 36.9 Å². The summed E-state index contributed by atoms with van der Waals surface area (Å²) in [6.45, 7) is 9.98. The van der Waals surface area contributed by atoms with Crippen LogP contribution in [0.25, 0.3) is 5.69 Å². The lowest BCUT2D eigenvalue weighted by atomic mass is 9.92. The molecule has 0 spiro atoms. The van der Waals surface area contributed by atoms with E-state index in [1.807, 2.05) is 58.9 Å². The molecular weight excluding hydrogens is 544 g/mol. The largest absolute Gasteiger partial charge is 0.457 e. The second-order valence-electron chi connectivity index (χ2n) is 9.68. The molecule has 4 aromatic rings. The van der Waals surface area contributed by atoms with E-state index in [4.69, 9.17) is 21.4 Å². The van der Waals surface area contributed by atoms with Crippen LogP contribution in [-0.2, 0) is 12.0 Å². The van der Waals surface area contributed by atoms with Crippen LogP contribution in [-0.4, -0.2) is 38.9 Å². The summed E-state index contributed by atoms with van der Waals surface area (Å²) < 4.78 is 7.43. The third-order valence-electron chi connectivity index (χ3n) is 5.67. The average molecular weight is 579 g/mol. The molecule has 2 aromatic carbocycles. The van der Waals surface area contributed by atoms with Crippen molar-refractivity contribution in [3.05, 3.63) is 88.8 Å². The number of carbonyl (C=O) groups excluding carboxylic acids is 2. The number of nitrogens with zero attached hydrogens (tertiary/aromatic N) is 3. The summed E-state index contributed by atoms with van der Waals surface area (Å²) in [7, 11) is 1.52. The van der Waals surface area contributed by atoms with Gasteiger partial charge in [-0.3, -0.25) is 15.1 Å². The lowest BCUT2D eigenvalue weighted by Crippen LogP contribution is -2.21. The van der Waals surface area contributed by atoms with Crippen LogP contribution in [0, 0.1) is 0 Å². The first kappa shape index (κ1) is 31.1. The number of halogens is 1. The number of urea groups is 1. The maximum atomic E-state index is 13.0. The standard InChI is InChI=1S/C28H29ClN6O4.C2H6/c1-28(2,3)24-15-25(35(34-24)18-7-5-6-17(12-18)16-36)33-27(38)32-22-9-8-19(13-21(22)29)39-20-10-11-31-23(14-20)26(37)30-4;1-2/h5-15,36H,16H2,1-4H3,(H,30,37)(H2,32,33,38);1-2H3. The van der Waals surface area contributed by atoms with Crippen LogP contribution in [0.15, 0.2) is 66.9 Å². The molecule has 0 unspecified atom stereocenters. The molecule has 3 amide bonds. The van der Waals surface area contributed by atoms with E-state index < -0.39 is 6.03 Å². The number of aromatic nitrogens is 3. The molecule has 216 valence electrons. The van der Waals surface area contributed by atoms with Crippen LogP contribution in [0.2, 0.25) is 5.02 Å². The molecule has 4 rings (SSSR count). The van der Waals surface area contributed by atoms with E-state index in [1.165, 1.54) is 19.3 Å². The number of hydrogen-bond acceptors (Lipinski definition) is 6. The van der Waals surface area contributed by atoms with Crippen LogP contribution in [0.5, 0.6) is 11.5 Å². The van der Waals surface area contributed by atoms with Crippen LogP contribution in [0.1, 0.15) is 56.4 Å². The maximum Gasteiger partial charge on any atom is 0.324 e. The first-order valence-corrected chi connectivity index (χ1v) is 13.5. The predicted octanol–water partition coefficient (Wildman–Crippen LogP) is 6.53. The Hall–Kier alpha value is -4.41. The van der Waals surface area contributed by atoms with Gasteiger partial charge in [0.25, 0.3) is 5.91 Å². The number of carbonyl (C=O) groups is 2. The third-order valence-corrected chi connectivity index (χ3v) is 5.99. The van der Waals surface area contributed by atoms with Gasteiger partial charge in [0.15, 0.2) is 0 Å². The Labute approximate surface area is 244 Å². The number of pyridine rings is 1. The zero-order valence-electron chi connectivity index (χ0n) is 23.9. The van der Waals surface area contributed by atoms with Gasteiger partial charge in [0.2, 0.25) is 0 Å². The highest BCUT2D eigenvalue weighted by molar-refractivity contribution is 6.34. The number of amides is 3. The van der Waals surface area contributed by atoms with Crippen LogP contribution < -0.4 is 20.7 Å². The fourth-order valence-electron chi connectivity index (χ4n) is 3.61. The van der Waals surface area contributed by atoms with Gasteiger partial charge in [0.1, 0.15) is 23.0 Å². The normalized spacial score (nSPS) is 10.7. The Balaban J connectivity index is 0.00000226. The molecule has 0 saturated heterocycles. The molecule has 2 aromatic heterocycles. The van der Waals surface area contributed by atoms with Gasteiger partial charge < -0.3 is 20.5 Å². The van der Waals surface area contributed by atoms with Crippen LogP contribution >= 0.6 is 11.6 Å². The predicted molar refractivity (Wildman–Crippen MR) is 161 cm³/mol. The summed E-state index contributed by atoms with van der Waals surface area (Å²) >= 11 is 6.43. The molecule has 0 bridgehead atoms. The zero-order valence-corrected chi connectivity index (χ0v) is 24.7. The molecular formula is C30H35ClN6O4. The molecule has 0 fully saturated rings. The SMILES string of the molecule is CC.CNC(=O)c1cc(Oc2ccc(NC(=O)Nc3cc(C(C)(C)C)nn3-c3cccc(CO)c3)c(Cl)c2)ccn1. The van der Waals surface area contributed by atoms with E-state index in [1.54, 1.807) is 35.0 Å². The number of benzene rings is 2. The minimum atomic E-state index is -0.519. The summed E-state index contributed by atoms with van der Waals surface area (Å²) in [4.78, 5) is 28.8. The van der Waals surface area contributed by atoms with Crippen molar-refractivity contribution in [2.24, 2.45) is 0 Å². The molecule has 0 radical (unpaired) electrons. The minimum absolute atomic E-state index is 0.112. The van der Waals surface area contributed by atoms with Crippen molar-refractivity contribution in [2.45, 2.75) is 46.6 Å². The number of aliphatic hydroxyl groups is 1. The average Bonchev–Trinajstić information content (AvgIpc) is 3.39. The number of nitrogens with one attached hydrogen (secondary N) is 3. The summed E-state index contributed by atoms with van der Waals surface area (Å²) in [6.07, 6.45) is 1.47. The summed E-state index contributed by atoms with van der Waals surface area (Å²) in [6, 6.07) is 16.5. The van der Waals surface area contributed by atoms with Gasteiger partial charge in [-0.05, 0) is 35.9 Å². The molecule has 0 atom stereocenters.